The quantitative estimate of drug-likeness (QED) is 0.514. The number of ketones is 1. The average Bonchev–Trinajstić information content (AvgIpc) is 2.27. The Hall–Kier alpha value is -2.05. The molecule has 1 aliphatic heterocycles. The summed E-state index contributed by atoms with van der Waals surface area (Å²) in [5, 5.41) is 0.960. The first-order chi connectivity index (χ1) is 8.08. The van der Waals surface area contributed by atoms with E-state index in [-0.39, 0.29) is 0 Å². The van der Waals surface area contributed by atoms with Crippen LogP contribution in [0, 0.1) is 0 Å². The molecule has 0 aromatic heterocycles. The number of nitrogens with zero attached hydrogens (tertiary/aromatic N) is 1. The summed E-state index contributed by atoms with van der Waals surface area (Å²) in [7, 11) is -3.25. The maximum atomic E-state index is 11.9. The molecule has 0 amide bonds. The van der Waals surface area contributed by atoms with E-state index in [1.54, 1.807) is 24.3 Å². The number of carbonyl (C=O) groups excluding carboxylic acids is 2. The van der Waals surface area contributed by atoms with Crippen LogP contribution < -0.4 is 10.6 Å². The molecule has 1 heterocycles. The standard InChI is InChI=1S/C10H6BF2NO3/c12-11(13)17-10(16)9-8(15)5-6-3-1-2-4-7(6)14-9/h1-5,9H. The van der Waals surface area contributed by atoms with Gasteiger partial charge in [-0.1, -0.05) is 18.2 Å². The SMILES string of the molecule is O=C1C=c2ccccc2=NC1C(=O)OB(F)F. The highest BCUT2D eigenvalue weighted by atomic mass is 19.2. The largest absolute Gasteiger partial charge is 0.798 e. The van der Waals surface area contributed by atoms with Gasteiger partial charge in [0.2, 0.25) is 6.04 Å². The van der Waals surface area contributed by atoms with Crippen molar-refractivity contribution in [2.24, 2.45) is 4.99 Å². The summed E-state index contributed by atoms with van der Waals surface area (Å²) in [6.07, 6.45) is 1.19. The molecular formula is C10H6BF2NO3. The Balaban J connectivity index is 2.37. The minimum Gasteiger partial charge on any atom is -0.476 e. The number of halogens is 2. The minimum absolute atomic E-state index is 0.406. The number of para-hydroxylation sites is 1. The molecule has 1 aliphatic rings. The van der Waals surface area contributed by atoms with Gasteiger partial charge in [0, 0.05) is 5.22 Å². The van der Waals surface area contributed by atoms with Crippen LogP contribution in [-0.2, 0) is 14.2 Å². The number of carbonyl (C=O) groups is 2. The Labute approximate surface area is 94.8 Å². The molecule has 1 unspecified atom stereocenters. The topological polar surface area (TPSA) is 55.7 Å². The lowest BCUT2D eigenvalue weighted by Crippen LogP contribution is -2.41. The van der Waals surface area contributed by atoms with Crippen molar-refractivity contribution in [2.45, 2.75) is 6.04 Å². The summed E-state index contributed by atoms with van der Waals surface area (Å²) in [5.74, 6) is -2.00. The molecule has 0 bridgehead atoms. The van der Waals surface area contributed by atoms with E-state index in [2.05, 4.69) is 9.65 Å². The van der Waals surface area contributed by atoms with E-state index in [0.717, 1.165) is 0 Å². The third-order valence-corrected chi connectivity index (χ3v) is 2.20. The lowest BCUT2D eigenvalue weighted by molar-refractivity contribution is -0.139. The Morgan fingerprint density at radius 1 is 1.35 bits per heavy atom. The molecular weight excluding hydrogens is 231 g/mol. The molecule has 7 heteroatoms. The van der Waals surface area contributed by atoms with Crippen LogP contribution in [0.2, 0.25) is 0 Å². The molecule has 1 atom stereocenters. The van der Waals surface area contributed by atoms with E-state index < -0.39 is 25.3 Å². The van der Waals surface area contributed by atoms with Crippen molar-refractivity contribution in [3.05, 3.63) is 34.8 Å². The monoisotopic (exact) mass is 237 g/mol. The van der Waals surface area contributed by atoms with Crippen LogP contribution in [0.1, 0.15) is 0 Å². The summed E-state index contributed by atoms with van der Waals surface area (Å²) in [6.45, 7) is 0. The summed E-state index contributed by atoms with van der Waals surface area (Å²) in [6, 6.07) is 5.07. The highest BCUT2D eigenvalue weighted by Gasteiger charge is 2.32. The van der Waals surface area contributed by atoms with Crippen molar-refractivity contribution < 1.29 is 22.9 Å². The normalized spacial score (nSPS) is 17.5. The molecule has 2 rings (SSSR count). The molecule has 0 fully saturated rings. The number of hydrogen-bond acceptors (Lipinski definition) is 4. The molecule has 1 aromatic rings. The van der Waals surface area contributed by atoms with Gasteiger partial charge in [-0.25, -0.2) is 8.63 Å². The van der Waals surface area contributed by atoms with Crippen LogP contribution in [0.15, 0.2) is 29.3 Å². The van der Waals surface area contributed by atoms with Crippen LogP contribution in [-0.4, -0.2) is 25.3 Å². The molecule has 17 heavy (non-hydrogen) atoms. The predicted octanol–water partition coefficient (Wildman–Crippen LogP) is -0.495. The predicted molar refractivity (Wildman–Crippen MR) is 54.5 cm³/mol. The van der Waals surface area contributed by atoms with Gasteiger partial charge in [-0.15, -0.1) is 0 Å². The average molecular weight is 237 g/mol. The van der Waals surface area contributed by atoms with Crippen molar-refractivity contribution in [3.8, 4) is 0 Å². The van der Waals surface area contributed by atoms with E-state index >= 15 is 0 Å². The van der Waals surface area contributed by atoms with Crippen LogP contribution in [0.5, 0.6) is 0 Å². The summed E-state index contributed by atoms with van der Waals surface area (Å²) < 4.78 is 27.4. The fourth-order valence-electron chi connectivity index (χ4n) is 1.48. The number of benzene rings is 1. The maximum absolute atomic E-state index is 11.9. The van der Waals surface area contributed by atoms with Crippen molar-refractivity contribution in [1.29, 1.82) is 0 Å². The lowest BCUT2D eigenvalue weighted by Gasteiger charge is -2.10. The van der Waals surface area contributed by atoms with Crippen LogP contribution in [0.4, 0.5) is 8.63 Å². The molecule has 0 aliphatic carbocycles. The van der Waals surface area contributed by atoms with Crippen LogP contribution in [0.3, 0.4) is 0 Å². The van der Waals surface area contributed by atoms with Crippen molar-refractivity contribution >= 4 is 25.3 Å². The second kappa shape index (κ2) is 4.44. The molecule has 0 N–H and O–H groups in total. The first-order valence-electron chi connectivity index (χ1n) is 4.75. The van der Waals surface area contributed by atoms with Gasteiger partial charge in [-0.2, -0.15) is 0 Å². The van der Waals surface area contributed by atoms with E-state index in [1.807, 2.05) is 0 Å². The van der Waals surface area contributed by atoms with E-state index in [4.69, 9.17) is 0 Å². The number of hydrogen-bond donors (Lipinski definition) is 0. The van der Waals surface area contributed by atoms with Gasteiger partial charge in [-0.3, -0.25) is 14.6 Å². The molecule has 0 saturated carbocycles. The molecule has 86 valence electrons. The van der Waals surface area contributed by atoms with Crippen molar-refractivity contribution in [2.75, 3.05) is 0 Å². The highest BCUT2D eigenvalue weighted by Crippen LogP contribution is 2.02. The minimum atomic E-state index is -3.25. The third kappa shape index (κ3) is 2.38. The van der Waals surface area contributed by atoms with Gasteiger partial charge >= 0.3 is 13.4 Å². The molecule has 1 aromatic carbocycles. The van der Waals surface area contributed by atoms with Gasteiger partial charge in [-0.05, 0) is 12.1 Å². The molecule has 4 nitrogen and oxygen atoms in total. The second-order valence-electron chi connectivity index (χ2n) is 3.33. The maximum Gasteiger partial charge on any atom is 0.798 e. The van der Waals surface area contributed by atoms with Crippen molar-refractivity contribution in [3.63, 3.8) is 0 Å². The van der Waals surface area contributed by atoms with Gasteiger partial charge < -0.3 is 4.65 Å². The van der Waals surface area contributed by atoms with Crippen LogP contribution >= 0.6 is 0 Å². The first kappa shape index (κ1) is 11.4. The van der Waals surface area contributed by atoms with Gasteiger partial charge in [0.05, 0.1) is 5.36 Å². The molecule has 0 radical (unpaired) electrons. The lowest BCUT2D eigenvalue weighted by atomic mass is 10.1. The van der Waals surface area contributed by atoms with E-state index in [1.165, 1.54) is 6.08 Å². The zero-order chi connectivity index (χ0) is 12.4. The van der Waals surface area contributed by atoms with Gasteiger partial charge in [0.1, 0.15) is 0 Å². The van der Waals surface area contributed by atoms with E-state index in [9.17, 15) is 18.2 Å². The van der Waals surface area contributed by atoms with Crippen molar-refractivity contribution in [1.82, 2.24) is 0 Å². The summed E-state index contributed by atoms with van der Waals surface area (Å²) in [4.78, 5) is 26.5. The first-order valence-corrected chi connectivity index (χ1v) is 4.75. The smallest absolute Gasteiger partial charge is 0.476 e. The third-order valence-electron chi connectivity index (χ3n) is 2.20. The van der Waals surface area contributed by atoms with Crippen LogP contribution in [0.25, 0.3) is 6.08 Å². The number of fused-ring (bicyclic) bond motifs is 1. The van der Waals surface area contributed by atoms with Gasteiger partial charge in [0.15, 0.2) is 5.78 Å². The van der Waals surface area contributed by atoms with Gasteiger partial charge in [0.25, 0.3) is 0 Å². The fraction of sp³-hybridized carbons (Fsp3) is 0.100. The van der Waals surface area contributed by atoms with E-state index in [0.29, 0.717) is 10.6 Å². The Morgan fingerprint density at radius 3 is 2.76 bits per heavy atom. The zero-order valence-corrected chi connectivity index (χ0v) is 8.47. The highest BCUT2D eigenvalue weighted by molar-refractivity contribution is 6.38. The Kier molecular flexibility index (Phi) is 2.99. The Morgan fingerprint density at radius 2 is 2.06 bits per heavy atom. The summed E-state index contributed by atoms with van der Waals surface area (Å²) in [5.41, 5.74) is 0. The fourth-order valence-corrected chi connectivity index (χ4v) is 1.48. The summed E-state index contributed by atoms with van der Waals surface area (Å²) >= 11 is 0. The Bertz CT molecular complexity index is 587. The molecule has 0 spiro atoms. The number of Topliss-reactive ketones (excluding diaryl/α,β-unsaturated/α-hetero) is 1. The zero-order valence-electron chi connectivity index (χ0n) is 8.47. The molecule has 0 saturated heterocycles. The second-order valence-corrected chi connectivity index (χ2v) is 3.33. The number of rotatable bonds is 2.